The summed E-state index contributed by atoms with van der Waals surface area (Å²) in [5.74, 6) is -0.374. The molecular formula is C19H20N4O3S2. The third-order valence-electron chi connectivity index (χ3n) is 4.08. The molecule has 0 saturated carbocycles. The number of benzene rings is 2. The molecule has 3 aromatic rings. The van der Waals surface area contributed by atoms with Gasteiger partial charge >= 0.3 is 0 Å². The smallest absolute Gasteiger partial charge is 0.270 e. The van der Waals surface area contributed by atoms with Gasteiger partial charge in [0.1, 0.15) is 0 Å². The van der Waals surface area contributed by atoms with Gasteiger partial charge < -0.3 is 0 Å². The molecular weight excluding hydrogens is 396 g/mol. The van der Waals surface area contributed by atoms with E-state index in [0.717, 1.165) is 28.0 Å². The third-order valence-corrected chi connectivity index (χ3v) is 6.83. The molecule has 28 heavy (non-hydrogen) atoms. The van der Waals surface area contributed by atoms with Crippen LogP contribution in [-0.4, -0.2) is 24.5 Å². The molecule has 1 aromatic heterocycles. The van der Waals surface area contributed by atoms with Crippen LogP contribution in [0.2, 0.25) is 0 Å². The molecule has 0 aliphatic carbocycles. The van der Waals surface area contributed by atoms with Crippen LogP contribution in [0.15, 0.2) is 52.9 Å². The van der Waals surface area contributed by atoms with Crippen molar-refractivity contribution in [2.45, 2.75) is 31.2 Å². The van der Waals surface area contributed by atoms with Crippen LogP contribution in [0.4, 0.5) is 5.13 Å². The molecule has 1 heterocycles. The van der Waals surface area contributed by atoms with Crippen LogP contribution < -0.4 is 10.0 Å². The summed E-state index contributed by atoms with van der Waals surface area (Å²) in [5, 5.41) is 10.2. The number of aryl methyl sites for hydroxylation is 2. The van der Waals surface area contributed by atoms with Gasteiger partial charge in [-0.15, -0.1) is 10.2 Å². The number of nitrogens with zero attached hydrogens (tertiary/aromatic N) is 2. The maximum atomic E-state index is 12.6. The highest BCUT2D eigenvalue weighted by molar-refractivity contribution is 7.91. The van der Waals surface area contributed by atoms with Gasteiger partial charge in [-0.05, 0) is 38.5 Å². The first kappa shape index (κ1) is 20.1. The second-order valence-electron chi connectivity index (χ2n) is 6.45. The number of anilines is 1. The molecule has 0 aliphatic rings. The maximum absolute atomic E-state index is 12.6. The van der Waals surface area contributed by atoms with Crippen molar-refractivity contribution < 1.29 is 13.2 Å². The van der Waals surface area contributed by atoms with Gasteiger partial charge in [0.05, 0.1) is 0 Å². The number of nitrogens with one attached hydrogen (secondary N) is 2. The second kappa shape index (κ2) is 8.17. The molecule has 3 rings (SSSR count). The Labute approximate surface area is 167 Å². The lowest BCUT2D eigenvalue weighted by Crippen LogP contribution is -2.26. The van der Waals surface area contributed by atoms with Crippen molar-refractivity contribution in [3.63, 3.8) is 0 Å². The summed E-state index contributed by atoms with van der Waals surface area (Å²) in [4.78, 5) is 12.2. The number of amides is 1. The van der Waals surface area contributed by atoms with Crippen LogP contribution in [0, 0.1) is 13.8 Å². The SMILES string of the molecule is Cc1ccc(C(=O)Nc2nnc(S(=O)(=O)N[C@@H](C)c3ccc(C)cc3)s2)cc1. The van der Waals surface area contributed by atoms with E-state index in [1.807, 2.05) is 50.2 Å². The Kier molecular flexibility index (Phi) is 5.87. The van der Waals surface area contributed by atoms with Gasteiger partial charge in [-0.2, -0.15) is 0 Å². The normalized spacial score (nSPS) is 12.5. The molecule has 9 heteroatoms. The van der Waals surface area contributed by atoms with Gasteiger partial charge in [-0.25, -0.2) is 13.1 Å². The lowest BCUT2D eigenvalue weighted by molar-refractivity contribution is 0.102. The fourth-order valence-electron chi connectivity index (χ4n) is 2.45. The van der Waals surface area contributed by atoms with Crippen LogP contribution in [0.5, 0.6) is 0 Å². The second-order valence-corrected chi connectivity index (χ2v) is 9.31. The number of hydrogen-bond donors (Lipinski definition) is 2. The number of sulfonamides is 1. The summed E-state index contributed by atoms with van der Waals surface area (Å²) in [6.45, 7) is 5.64. The Morgan fingerprint density at radius 3 is 2.14 bits per heavy atom. The van der Waals surface area contributed by atoms with Crippen molar-refractivity contribution in [3.05, 3.63) is 70.8 Å². The van der Waals surface area contributed by atoms with E-state index >= 15 is 0 Å². The average molecular weight is 417 g/mol. The minimum absolute atomic E-state index is 0.119. The summed E-state index contributed by atoms with van der Waals surface area (Å²) in [5.41, 5.74) is 3.43. The summed E-state index contributed by atoms with van der Waals surface area (Å²) >= 11 is 0.801. The molecule has 1 atom stereocenters. The molecule has 2 N–H and O–H groups in total. The standard InChI is InChI=1S/C19H20N4O3S2/c1-12-4-8-15(9-5-12)14(3)23-28(25,26)19-22-21-18(27-19)20-17(24)16-10-6-13(2)7-11-16/h4-11,14,23H,1-3H3,(H,20,21,24)/t14-/m0/s1. The van der Waals surface area contributed by atoms with Crippen LogP contribution in [0.25, 0.3) is 0 Å². The first-order valence-electron chi connectivity index (χ1n) is 8.55. The van der Waals surface area contributed by atoms with Gasteiger partial charge in [-0.3, -0.25) is 10.1 Å². The zero-order valence-corrected chi connectivity index (χ0v) is 17.3. The van der Waals surface area contributed by atoms with E-state index in [0.29, 0.717) is 5.56 Å². The molecule has 1 amide bonds. The third kappa shape index (κ3) is 4.80. The highest BCUT2D eigenvalue weighted by Gasteiger charge is 2.23. The Morgan fingerprint density at radius 2 is 1.54 bits per heavy atom. The Hall–Kier alpha value is -2.62. The van der Waals surface area contributed by atoms with Crippen molar-refractivity contribution in [2.24, 2.45) is 0 Å². The number of aromatic nitrogens is 2. The summed E-state index contributed by atoms with van der Waals surface area (Å²) in [6.07, 6.45) is 0. The topological polar surface area (TPSA) is 101 Å². The van der Waals surface area contributed by atoms with Crippen LogP contribution in [0.3, 0.4) is 0 Å². The minimum Gasteiger partial charge on any atom is -0.296 e. The summed E-state index contributed by atoms with van der Waals surface area (Å²) < 4.78 is 27.5. The van der Waals surface area contributed by atoms with E-state index in [2.05, 4.69) is 20.2 Å². The molecule has 2 aromatic carbocycles. The van der Waals surface area contributed by atoms with Gasteiger partial charge in [0, 0.05) is 11.6 Å². The predicted molar refractivity (Wildman–Crippen MR) is 109 cm³/mol. The van der Waals surface area contributed by atoms with E-state index in [1.54, 1.807) is 19.1 Å². The predicted octanol–water partition coefficient (Wildman–Crippen LogP) is 3.45. The van der Waals surface area contributed by atoms with Gasteiger partial charge in [-0.1, -0.05) is 58.9 Å². The molecule has 0 spiro atoms. The number of rotatable bonds is 6. The monoisotopic (exact) mass is 416 g/mol. The highest BCUT2D eigenvalue weighted by Crippen LogP contribution is 2.23. The molecule has 0 unspecified atom stereocenters. The number of hydrogen-bond acceptors (Lipinski definition) is 6. The Bertz CT molecular complexity index is 1080. The van der Waals surface area contributed by atoms with Crippen LogP contribution in [-0.2, 0) is 10.0 Å². The van der Waals surface area contributed by atoms with Crippen molar-refractivity contribution in [3.8, 4) is 0 Å². The van der Waals surface area contributed by atoms with Gasteiger partial charge in [0.15, 0.2) is 0 Å². The zero-order chi connectivity index (χ0) is 20.3. The maximum Gasteiger partial charge on any atom is 0.270 e. The van der Waals surface area contributed by atoms with Crippen LogP contribution >= 0.6 is 11.3 Å². The first-order valence-corrected chi connectivity index (χ1v) is 10.8. The first-order chi connectivity index (χ1) is 13.2. The molecule has 0 radical (unpaired) electrons. The quantitative estimate of drug-likeness (QED) is 0.600. The Morgan fingerprint density at radius 1 is 0.964 bits per heavy atom. The van der Waals surface area contributed by atoms with E-state index < -0.39 is 16.1 Å². The number of carbonyl (C=O) groups is 1. The Balaban J connectivity index is 1.70. The van der Waals surface area contributed by atoms with E-state index in [4.69, 9.17) is 0 Å². The molecule has 0 fully saturated rings. The van der Waals surface area contributed by atoms with Crippen molar-refractivity contribution in [1.82, 2.24) is 14.9 Å². The van der Waals surface area contributed by atoms with E-state index in [-0.39, 0.29) is 15.4 Å². The van der Waals surface area contributed by atoms with E-state index in [9.17, 15) is 13.2 Å². The molecule has 0 aliphatic heterocycles. The summed E-state index contributed by atoms with van der Waals surface area (Å²) in [6, 6.07) is 14.2. The number of carbonyl (C=O) groups excluding carboxylic acids is 1. The summed E-state index contributed by atoms with van der Waals surface area (Å²) in [7, 11) is -3.86. The minimum atomic E-state index is -3.86. The molecule has 146 valence electrons. The average Bonchev–Trinajstić information content (AvgIpc) is 3.12. The largest absolute Gasteiger partial charge is 0.296 e. The van der Waals surface area contributed by atoms with Crippen LogP contribution in [0.1, 0.15) is 40.0 Å². The van der Waals surface area contributed by atoms with Crippen molar-refractivity contribution in [1.29, 1.82) is 0 Å². The fourth-order valence-corrected chi connectivity index (χ4v) is 4.59. The lowest BCUT2D eigenvalue weighted by Gasteiger charge is -2.13. The van der Waals surface area contributed by atoms with Crippen molar-refractivity contribution in [2.75, 3.05) is 5.32 Å². The van der Waals surface area contributed by atoms with Gasteiger partial charge in [0.25, 0.3) is 15.9 Å². The zero-order valence-electron chi connectivity index (χ0n) is 15.6. The van der Waals surface area contributed by atoms with Gasteiger partial charge in [0.2, 0.25) is 9.47 Å². The molecule has 0 bridgehead atoms. The lowest BCUT2D eigenvalue weighted by atomic mass is 10.1. The molecule has 7 nitrogen and oxygen atoms in total. The highest BCUT2D eigenvalue weighted by atomic mass is 32.2. The fraction of sp³-hybridized carbons (Fsp3) is 0.211. The van der Waals surface area contributed by atoms with Crippen molar-refractivity contribution >= 4 is 32.4 Å². The van der Waals surface area contributed by atoms with E-state index in [1.165, 1.54) is 0 Å². The molecule has 0 saturated heterocycles.